The summed E-state index contributed by atoms with van der Waals surface area (Å²) in [5, 5.41) is 5.61. The van der Waals surface area contributed by atoms with Crippen LogP contribution >= 0.6 is 11.6 Å². The number of halogens is 1. The summed E-state index contributed by atoms with van der Waals surface area (Å²) in [5.74, 6) is -0.164. The second-order valence-electron chi connectivity index (χ2n) is 4.92. The van der Waals surface area contributed by atoms with Gasteiger partial charge < -0.3 is 15.5 Å². The van der Waals surface area contributed by atoms with E-state index in [2.05, 4.69) is 15.6 Å². The second kappa shape index (κ2) is 7.09. The Kier molecular flexibility index (Phi) is 5.76. The first-order valence-corrected chi connectivity index (χ1v) is 6.59. The third kappa shape index (κ3) is 4.70. The fraction of sp³-hybridized carbons (Fsp3) is 0.462. The molecule has 0 spiro atoms. The van der Waals surface area contributed by atoms with E-state index in [1.165, 1.54) is 11.1 Å². The van der Waals surface area contributed by atoms with Crippen LogP contribution < -0.4 is 10.6 Å². The van der Waals surface area contributed by atoms with E-state index >= 15 is 0 Å². The number of carbonyl (C=O) groups is 2. The predicted molar refractivity (Wildman–Crippen MR) is 78.7 cm³/mol. The van der Waals surface area contributed by atoms with Crippen LogP contribution in [0.3, 0.4) is 0 Å². The molecule has 0 unspecified atom stereocenters. The Labute approximate surface area is 123 Å². The Balaban J connectivity index is 2.67. The van der Waals surface area contributed by atoms with Crippen LogP contribution in [0.2, 0.25) is 5.15 Å². The van der Waals surface area contributed by atoms with E-state index in [4.69, 9.17) is 11.6 Å². The number of nitrogens with zero attached hydrogens (tertiary/aromatic N) is 2. The zero-order valence-corrected chi connectivity index (χ0v) is 12.7. The first-order valence-electron chi connectivity index (χ1n) is 6.21. The van der Waals surface area contributed by atoms with E-state index in [0.717, 1.165) is 0 Å². The van der Waals surface area contributed by atoms with E-state index < -0.39 is 12.1 Å². The van der Waals surface area contributed by atoms with Crippen molar-refractivity contribution in [2.45, 2.75) is 19.9 Å². The van der Waals surface area contributed by atoms with Gasteiger partial charge in [0.25, 0.3) is 0 Å². The van der Waals surface area contributed by atoms with E-state index in [-0.39, 0.29) is 11.8 Å². The number of aromatic nitrogens is 1. The van der Waals surface area contributed by atoms with Crippen LogP contribution in [0.1, 0.15) is 13.8 Å². The fourth-order valence-corrected chi connectivity index (χ4v) is 1.66. The maximum Gasteiger partial charge on any atom is 0.319 e. The van der Waals surface area contributed by atoms with Crippen molar-refractivity contribution in [3.8, 4) is 0 Å². The molecule has 1 heterocycles. The molecule has 0 bridgehead atoms. The van der Waals surface area contributed by atoms with Gasteiger partial charge >= 0.3 is 6.03 Å². The molecule has 0 aromatic carbocycles. The molecular weight excluding hydrogens is 280 g/mol. The van der Waals surface area contributed by atoms with Gasteiger partial charge in [-0.05, 0) is 18.1 Å². The highest BCUT2D eigenvalue weighted by molar-refractivity contribution is 6.29. The van der Waals surface area contributed by atoms with E-state index in [0.29, 0.717) is 10.8 Å². The normalized spacial score (nSPS) is 11.9. The molecule has 0 fully saturated rings. The quantitative estimate of drug-likeness (QED) is 0.835. The Morgan fingerprint density at radius 3 is 2.40 bits per heavy atom. The molecule has 1 aromatic rings. The number of likely N-dealkylation sites (N-methyl/N-ethyl adjacent to an activating group) is 1. The smallest absolute Gasteiger partial charge is 0.319 e. The van der Waals surface area contributed by atoms with Gasteiger partial charge in [-0.3, -0.25) is 4.79 Å². The molecule has 110 valence electrons. The predicted octanol–water partition coefficient (Wildman–Crippen LogP) is 1.97. The van der Waals surface area contributed by atoms with Gasteiger partial charge in [0, 0.05) is 14.1 Å². The molecule has 0 radical (unpaired) electrons. The first kappa shape index (κ1) is 16.2. The topological polar surface area (TPSA) is 74.3 Å². The van der Waals surface area contributed by atoms with Gasteiger partial charge in [-0.2, -0.15) is 0 Å². The van der Waals surface area contributed by atoms with Crippen LogP contribution in [0.4, 0.5) is 10.5 Å². The lowest BCUT2D eigenvalue weighted by Gasteiger charge is -2.24. The summed E-state index contributed by atoms with van der Waals surface area (Å²) >= 11 is 5.66. The highest BCUT2D eigenvalue weighted by Gasteiger charge is 2.25. The van der Waals surface area contributed by atoms with Gasteiger partial charge in [-0.25, -0.2) is 9.78 Å². The Hall–Kier alpha value is -1.82. The second-order valence-corrected chi connectivity index (χ2v) is 5.31. The standard InChI is InChI=1S/C13H19ClN4O2/c1-8(2)11(12(19)18(3)4)17-13(20)16-9-5-6-10(14)15-7-9/h5-8,11H,1-4H3,(H2,16,17,20)/t11-/m1/s1. The number of amides is 3. The summed E-state index contributed by atoms with van der Waals surface area (Å²) in [6, 6.07) is 2.17. The van der Waals surface area contributed by atoms with Crippen molar-refractivity contribution in [1.82, 2.24) is 15.2 Å². The van der Waals surface area contributed by atoms with Crippen molar-refractivity contribution < 1.29 is 9.59 Å². The number of rotatable bonds is 4. The summed E-state index contributed by atoms with van der Waals surface area (Å²) in [6.07, 6.45) is 1.44. The van der Waals surface area contributed by atoms with Crippen molar-refractivity contribution in [1.29, 1.82) is 0 Å². The molecule has 0 aliphatic heterocycles. The molecule has 20 heavy (non-hydrogen) atoms. The zero-order chi connectivity index (χ0) is 15.3. The molecule has 0 saturated carbocycles. The molecule has 0 saturated heterocycles. The molecule has 1 rings (SSSR count). The number of carbonyl (C=O) groups excluding carboxylic acids is 2. The minimum absolute atomic E-state index is 0.0148. The lowest BCUT2D eigenvalue weighted by atomic mass is 10.0. The number of anilines is 1. The van der Waals surface area contributed by atoms with Crippen molar-refractivity contribution in [2.75, 3.05) is 19.4 Å². The third-order valence-electron chi connectivity index (χ3n) is 2.65. The molecule has 1 atom stereocenters. The minimum atomic E-state index is -0.578. The molecule has 0 aliphatic rings. The van der Waals surface area contributed by atoms with Crippen molar-refractivity contribution in [2.24, 2.45) is 5.92 Å². The number of hydrogen-bond acceptors (Lipinski definition) is 3. The average molecular weight is 299 g/mol. The lowest BCUT2D eigenvalue weighted by molar-refractivity contribution is -0.131. The highest BCUT2D eigenvalue weighted by Crippen LogP contribution is 2.10. The van der Waals surface area contributed by atoms with Crippen LogP contribution in [-0.2, 0) is 4.79 Å². The summed E-state index contributed by atoms with van der Waals surface area (Å²) in [7, 11) is 3.31. The Morgan fingerprint density at radius 1 is 1.30 bits per heavy atom. The zero-order valence-electron chi connectivity index (χ0n) is 12.0. The van der Waals surface area contributed by atoms with Crippen molar-refractivity contribution >= 4 is 29.2 Å². The number of pyridine rings is 1. The Morgan fingerprint density at radius 2 is 1.95 bits per heavy atom. The summed E-state index contributed by atoms with van der Waals surface area (Å²) in [5.41, 5.74) is 0.506. The summed E-state index contributed by atoms with van der Waals surface area (Å²) < 4.78 is 0. The Bertz CT molecular complexity index is 474. The number of hydrogen-bond donors (Lipinski definition) is 2. The fourth-order valence-electron chi connectivity index (χ4n) is 1.55. The molecule has 2 N–H and O–H groups in total. The molecular formula is C13H19ClN4O2. The van der Waals surface area contributed by atoms with Crippen molar-refractivity contribution in [3.63, 3.8) is 0 Å². The van der Waals surface area contributed by atoms with E-state index in [1.807, 2.05) is 13.8 Å². The maximum atomic E-state index is 12.0. The van der Waals surface area contributed by atoms with Gasteiger partial charge in [0.1, 0.15) is 11.2 Å². The monoisotopic (exact) mass is 298 g/mol. The third-order valence-corrected chi connectivity index (χ3v) is 2.87. The van der Waals surface area contributed by atoms with Crippen LogP contribution in [0.25, 0.3) is 0 Å². The van der Waals surface area contributed by atoms with Crippen LogP contribution in [-0.4, -0.2) is 42.0 Å². The molecule has 3 amide bonds. The summed E-state index contributed by atoms with van der Waals surface area (Å²) in [6.45, 7) is 3.74. The van der Waals surface area contributed by atoms with Crippen molar-refractivity contribution in [3.05, 3.63) is 23.5 Å². The molecule has 6 nitrogen and oxygen atoms in total. The number of nitrogens with one attached hydrogen (secondary N) is 2. The average Bonchev–Trinajstić information content (AvgIpc) is 2.37. The highest BCUT2D eigenvalue weighted by atomic mass is 35.5. The van der Waals surface area contributed by atoms with E-state index in [1.54, 1.807) is 26.2 Å². The van der Waals surface area contributed by atoms with Crippen LogP contribution in [0, 0.1) is 5.92 Å². The van der Waals surface area contributed by atoms with E-state index in [9.17, 15) is 9.59 Å². The number of urea groups is 1. The lowest BCUT2D eigenvalue weighted by Crippen LogP contribution is -2.50. The van der Waals surface area contributed by atoms with Crippen LogP contribution in [0.15, 0.2) is 18.3 Å². The molecule has 7 heteroatoms. The first-order chi connectivity index (χ1) is 9.31. The molecule has 0 aliphatic carbocycles. The molecule has 1 aromatic heterocycles. The van der Waals surface area contributed by atoms with Gasteiger partial charge in [0.15, 0.2) is 0 Å². The SMILES string of the molecule is CC(C)[C@@H](NC(=O)Nc1ccc(Cl)nc1)C(=O)N(C)C. The largest absolute Gasteiger partial charge is 0.347 e. The van der Waals surface area contributed by atoms with Gasteiger partial charge in [0.05, 0.1) is 11.9 Å². The minimum Gasteiger partial charge on any atom is -0.347 e. The van der Waals surface area contributed by atoms with Gasteiger partial charge in [-0.15, -0.1) is 0 Å². The van der Waals surface area contributed by atoms with Gasteiger partial charge in [-0.1, -0.05) is 25.4 Å². The summed E-state index contributed by atoms with van der Waals surface area (Å²) in [4.78, 5) is 29.2. The van der Waals surface area contributed by atoms with Gasteiger partial charge in [0.2, 0.25) is 5.91 Å². The maximum absolute atomic E-state index is 12.0. The van der Waals surface area contributed by atoms with Crippen LogP contribution in [0.5, 0.6) is 0 Å².